The summed E-state index contributed by atoms with van der Waals surface area (Å²) >= 11 is 0. The SMILES string of the molecule is CCOc1ccc2c(c1)C(O)C(N)C1(CCCCC1)O2.Cl. The Kier molecular flexibility index (Phi) is 5.02. The minimum absolute atomic E-state index is 0. The van der Waals surface area contributed by atoms with Gasteiger partial charge in [-0.1, -0.05) is 6.42 Å². The van der Waals surface area contributed by atoms with Gasteiger partial charge in [-0.3, -0.25) is 0 Å². The Bertz CT molecular complexity index is 488. The average molecular weight is 314 g/mol. The Morgan fingerprint density at radius 2 is 2.05 bits per heavy atom. The third-order valence-electron chi connectivity index (χ3n) is 4.57. The quantitative estimate of drug-likeness (QED) is 0.881. The summed E-state index contributed by atoms with van der Waals surface area (Å²) in [7, 11) is 0. The number of ether oxygens (including phenoxy) is 2. The second kappa shape index (κ2) is 6.42. The topological polar surface area (TPSA) is 64.7 Å². The van der Waals surface area contributed by atoms with Gasteiger partial charge in [0.2, 0.25) is 0 Å². The van der Waals surface area contributed by atoms with Gasteiger partial charge in [-0.25, -0.2) is 0 Å². The number of halogens is 1. The smallest absolute Gasteiger partial charge is 0.127 e. The Labute approximate surface area is 132 Å². The molecular formula is C16H24ClNO3. The number of nitrogens with two attached hydrogens (primary N) is 1. The molecule has 21 heavy (non-hydrogen) atoms. The molecule has 0 radical (unpaired) electrons. The summed E-state index contributed by atoms with van der Waals surface area (Å²) in [5, 5.41) is 10.6. The molecule has 1 fully saturated rings. The predicted molar refractivity (Wildman–Crippen MR) is 84.2 cm³/mol. The van der Waals surface area contributed by atoms with E-state index in [0.717, 1.165) is 42.7 Å². The summed E-state index contributed by atoms with van der Waals surface area (Å²) in [6.07, 6.45) is 4.64. The molecule has 5 heteroatoms. The molecule has 1 heterocycles. The van der Waals surface area contributed by atoms with Gasteiger partial charge in [0, 0.05) is 5.56 Å². The Hall–Kier alpha value is -0.970. The van der Waals surface area contributed by atoms with E-state index in [1.54, 1.807) is 0 Å². The minimum atomic E-state index is -0.683. The molecule has 2 atom stereocenters. The van der Waals surface area contributed by atoms with Crippen molar-refractivity contribution < 1.29 is 14.6 Å². The van der Waals surface area contributed by atoms with E-state index in [-0.39, 0.29) is 18.4 Å². The van der Waals surface area contributed by atoms with Crippen LogP contribution in [0.25, 0.3) is 0 Å². The fraction of sp³-hybridized carbons (Fsp3) is 0.625. The molecule has 1 spiro atoms. The highest BCUT2D eigenvalue weighted by molar-refractivity contribution is 5.85. The van der Waals surface area contributed by atoms with Crippen molar-refractivity contribution in [3.63, 3.8) is 0 Å². The summed E-state index contributed by atoms with van der Waals surface area (Å²) in [4.78, 5) is 0. The number of aliphatic hydroxyl groups excluding tert-OH is 1. The molecule has 3 rings (SSSR count). The van der Waals surface area contributed by atoms with Crippen LogP contribution in [0.5, 0.6) is 11.5 Å². The summed E-state index contributed by atoms with van der Waals surface area (Å²) in [5.41, 5.74) is 6.67. The van der Waals surface area contributed by atoms with E-state index in [9.17, 15) is 5.11 Å². The number of aliphatic hydroxyl groups is 1. The van der Waals surface area contributed by atoms with Crippen LogP contribution in [0.15, 0.2) is 18.2 Å². The van der Waals surface area contributed by atoms with Gasteiger partial charge < -0.3 is 20.3 Å². The summed E-state index contributed by atoms with van der Waals surface area (Å²) < 4.78 is 11.7. The summed E-state index contributed by atoms with van der Waals surface area (Å²) in [6, 6.07) is 5.26. The molecule has 118 valence electrons. The van der Waals surface area contributed by atoms with Gasteiger partial charge in [0.25, 0.3) is 0 Å². The minimum Gasteiger partial charge on any atom is -0.494 e. The molecule has 0 aromatic heterocycles. The largest absolute Gasteiger partial charge is 0.494 e. The first-order valence-electron chi connectivity index (χ1n) is 7.56. The molecular weight excluding hydrogens is 290 g/mol. The number of benzene rings is 1. The lowest BCUT2D eigenvalue weighted by molar-refractivity contribution is -0.0583. The van der Waals surface area contributed by atoms with Gasteiger partial charge in [0.15, 0.2) is 0 Å². The van der Waals surface area contributed by atoms with Crippen LogP contribution in [0.3, 0.4) is 0 Å². The fourth-order valence-electron chi connectivity index (χ4n) is 3.46. The van der Waals surface area contributed by atoms with Crippen LogP contribution < -0.4 is 15.2 Å². The Balaban J connectivity index is 0.00000161. The zero-order chi connectivity index (χ0) is 14.2. The lowest BCUT2D eigenvalue weighted by atomic mass is 9.74. The first-order chi connectivity index (χ1) is 9.66. The van der Waals surface area contributed by atoms with Crippen molar-refractivity contribution in [2.75, 3.05) is 6.61 Å². The molecule has 1 saturated carbocycles. The van der Waals surface area contributed by atoms with Crippen molar-refractivity contribution in [2.24, 2.45) is 5.73 Å². The molecule has 0 bridgehead atoms. The van der Waals surface area contributed by atoms with Gasteiger partial charge >= 0.3 is 0 Å². The highest BCUT2D eigenvalue weighted by atomic mass is 35.5. The zero-order valence-electron chi connectivity index (χ0n) is 12.4. The molecule has 1 aliphatic carbocycles. The fourth-order valence-corrected chi connectivity index (χ4v) is 3.46. The van der Waals surface area contributed by atoms with E-state index in [2.05, 4.69) is 0 Å². The standard InChI is InChI=1S/C16H23NO3.ClH/c1-2-19-11-6-7-13-12(10-11)14(18)15(17)16(20-13)8-4-3-5-9-16;/h6-7,10,14-15,18H,2-5,8-9,17H2,1H3;1H. The van der Waals surface area contributed by atoms with Crippen LogP contribution in [-0.4, -0.2) is 23.4 Å². The number of fused-ring (bicyclic) bond motifs is 1. The van der Waals surface area contributed by atoms with Crippen molar-refractivity contribution in [1.29, 1.82) is 0 Å². The van der Waals surface area contributed by atoms with E-state index in [1.807, 2.05) is 25.1 Å². The number of rotatable bonds is 2. The highest BCUT2D eigenvalue weighted by Crippen LogP contribution is 2.46. The summed E-state index contributed by atoms with van der Waals surface area (Å²) in [6.45, 7) is 2.54. The van der Waals surface area contributed by atoms with Crippen LogP contribution in [0, 0.1) is 0 Å². The molecule has 2 unspecified atom stereocenters. The lowest BCUT2D eigenvalue weighted by Gasteiger charge is -2.47. The van der Waals surface area contributed by atoms with Crippen LogP contribution in [-0.2, 0) is 0 Å². The van der Waals surface area contributed by atoms with E-state index in [4.69, 9.17) is 15.2 Å². The Morgan fingerprint density at radius 3 is 2.71 bits per heavy atom. The van der Waals surface area contributed by atoms with E-state index in [0.29, 0.717) is 6.61 Å². The van der Waals surface area contributed by atoms with Crippen molar-refractivity contribution >= 4 is 12.4 Å². The maximum absolute atomic E-state index is 10.6. The normalized spacial score (nSPS) is 26.4. The summed E-state index contributed by atoms with van der Waals surface area (Å²) in [5.74, 6) is 1.50. The third-order valence-corrected chi connectivity index (χ3v) is 4.57. The van der Waals surface area contributed by atoms with Gasteiger partial charge in [-0.15, -0.1) is 12.4 Å². The molecule has 2 aliphatic rings. The predicted octanol–water partition coefficient (Wildman–Crippen LogP) is 2.96. The van der Waals surface area contributed by atoms with Crippen molar-refractivity contribution in [1.82, 2.24) is 0 Å². The van der Waals surface area contributed by atoms with Gasteiger partial charge in [-0.2, -0.15) is 0 Å². The maximum atomic E-state index is 10.6. The highest BCUT2D eigenvalue weighted by Gasteiger charge is 2.48. The third kappa shape index (κ3) is 2.85. The zero-order valence-corrected chi connectivity index (χ0v) is 13.2. The molecule has 1 aromatic carbocycles. The molecule has 3 N–H and O–H groups in total. The number of hydrogen-bond acceptors (Lipinski definition) is 4. The average Bonchev–Trinajstić information content (AvgIpc) is 2.47. The van der Waals surface area contributed by atoms with Crippen molar-refractivity contribution in [3.05, 3.63) is 23.8 Å². The Morgan fingerprint density at radius 1 is 1.33 bits per heavy atom. The van der Waals surface area contributed by atoms with Crippen LogP contribution >= 0.6 is 12.4 Å². The molecule has 1 aliphatic heterocycles. The van der Waals surface area contributed by atoms with Crippen molar-refractivity contribution in [3.8, 4) is 11.5 Å². The van der Waals surface area contributed by atoms with Gasteiger partial charge in [-0.05, 0) is 50.8 Å². The van der Waals surface area contributed by atoms with E-state index >= 15 is 0 Å². The first-order valence-corrected chi connectivity index (χ1v) is 7.56. The van der Waals surface area contributed by atoms with Crippen molar-refractivity contribution in [2.45, 2.75) is 56.8 Å². The van der Waals surface area contributed by atoms with E-state index < -0.39 is 11.7 Å². The first kappa shape index (κ1) is 16.4. The van der Waals surface area contributed by atoms with Crippen LogP contribution in [0.1, 0.15) is 50.7 Å². The monoisotopic (exact) mass is 313 g/mol. The van der Waals surface area contributed by atoms with Crippen LogP contribution in [0.4, 0.5) is 0 Å². The van der Waals surface area contributed by atoms with Gasteiger partial charge in [0.05, 0.1) is 12.6 Å². The molecule has 0 amide bonds. The molecule has 4 nitrogen and oxygen atoms in total. The molecule has 1 aromatic rings. The maximum Gasteiger partial charge on any atom is 0.127 e. The lowest BCUT2D eigenvalue weighted by Crippen LogP contribution is -2.58. The second-order valence-electron chi connectivity index (χ2n) is 5.83. The molecule has 0 saturated heterocycles. The van der Waals surface area contributed by atoms with Crippen LogP contribution in [0.2, 0.25) is 0 Å². The number of hydrogen-bond donors (Lipinski definition) is 2. The second-order valence-corrected chi connectivity index (χ2v) is 5.83. The van der Waals surface area contributed by atoms with Gasteiger partial charge in [0.1, 0.15) is 23.2 Å². The van der Waals surface area contributed by atoms with E-state index in [1.165, 1.54) is 6.42 Å².